The fourth-order valence-corrected chi connectivity index (χ4v) is 3.34. The van der Waals surface area contributed by atoms with E-state index in [0.29, 0.717) is 0 Å². The minimum absolute atomic E-state index is 0.956. The Morgan fingerprint density at radius 2 is 1.43 bits per heavy atom. The number of fused-ring (bicyclic) bond motifs is 4. The third-order valence-electron chi connectivity index (χ3n) is 4.20. The lowest BCUT2D eigenvalue weighted by Crippen LogP contribution is -1.89. The van der Waals surface area contributed by atoms with E-state index in [9.17, 15) is 0 Å². The topological polar surface area (TPSA) is 25.8 Å². The smallest absolute Gasteiger partial charge is 0.0979 e. The molecule has 0 atom stereocenters. The van der Waals surface area contributed by atoms with Gasteiger partial charge in [0.15, 0.2) is 0 Å². The molecule has 1 aliphatic rings. The largest absolute Gasteiger partial charge is 0.244 e. The van der Waals surface area contributed by atoms with Crippen LogP contribution < -0.4 is 0 Å². The van der Waals surface area contributed by atoms with Gasteiger partial charge in [-0.25, -0.2) is 9.97 Å². The summed E-state index contributed by atoms with van der Waals surface area (Å²) in [5, 5.41) is 2.56. The molecule has 4 aromatic rings. The van der Waals surface area contributed by atoms with Gasteiger partial charge in [0.2, 0.25) is 0 Å². The van der Waals surface area contributed by atoms with Crippen molar-refractivity contribution in [3.05, 3.63) is 60.2 Å². The molecular weight excluding hydrogens is 256 g/mol. The molecule has 1 heterocycles. The fraction of sp³-hybridized carbons (Fsp3) is 0.0526. The highest BCUT2D eigenvalue weighted by molar-refractivity contribution is 6.14. The molecule has 2 nitrogen and oxygen atoms in total. The molecule has 0 N–H and O–H groups in total. The molecule has 0 aliphatic heterocycles. The minimum Gasteiger partial charge on any atom is -0.244 e. The van der Waals surface area contributed by atoms with Crippen LogP contribution >= 0.6 is 0 Å². The van der Waals surface area contributed by atoms with E-state index in [2.05, 4.69) is 37.3 Å². The quantitative estimate of drug-likeness (QED) is 0.405. The summed E-state index contributed by atoms with van der Waals surface area (Å²) in [6.07, 6.45) is 0. The predicted molar refractivity (Wildman–Crippen MR) is 86.2 cm³/mol. The number of aromatic nitrogens is 2. The van der Waals surface area contributed by atoms with Gasteiger partial charge in [-0.2, -0.15) is 0 Å². The van der Waals surface area contributed by atoms with Crippen LogP contribution in [0.1, 0.15) is 5.56 Å². The number of para-hydroxylation sites is 2. The monoisotopic (exact) mass is 268 g/mol. The second-order valence-corrected chi connectivity index (χ2v) is 5.63. The Morgan fingerprint density at radius 1 is 0.714 bits per heavy atom. The van der Waals surface area contributed by atoms with Crippen LogP contribution in [0.25, 0.3) is 44.3 Å². The highest BCUT2D eigenvalue weighted by Gasteiger charge is 2.24. The molecule has 21 heavy (non-hydrogen) atoms. The zero-order chi connectivity index (χ0) is 14.0. The Morgan fingerprint density at radius 3 is 2.19 bits per heavy atom. The van der Waals surface area contributed by atoms with Crippen LogP contribution in [0, 0.1) is 6.92 Å². The first-order valence-electron chi connectivity index (χ1n) is 7.12. The molecular formula is C19H12N2. The van der Waals surface area contributed by atoms with Crippen molar-refractivity contribution in [3.8, 4) is 22.5 Å². The van der Waals surface area contributed by atoms with Crippen LogP contribution in [0.2, 0.25) is 0 Å². The maximum absolute atomic E-state index is 4.87. The van der Waals surface area contributed by atoms with E-state index >= 15 is 0 Å². The van der Waals surface area contributed by atoms with E-state index in [1.807, 2.05) is 24.3 Å². The van der Waals surface area contributed by atoms with Crippen molar-refractivity contribution in [2.45, 2.75) is 6.92 Å². The molecule has 0 spiro atoms. The highest BCUT2D eigenvalue weighted by Crippen LogP contribution is 2.46. The first kappa shape index (κ1) is 11.0. The minimum atomic E-state index is 0.956. The third-order valence-corrected chi connectivity index (χ3v) is 4.20. The van der Waals surface area contributed by atoms with Gasteiger partial charge in [0.25, 0.3) is 0 Å². The van der Waals surface area contributed by atoms with Crippen molar-refractivity contribution in [2.24, 2.45) is 0 Å². The van der Waals surface area contributed by atoms with Gasteiger partial charge in [0.1, 0.15) is 0 Å². The normalized spacial score (nSPS) is 12.0. The van der Waals surface area contributed by atoms with Crippen molar-refractivity contribution < 1.29 is 0 Å². The first-order valence-corrected chi connectivity index (χ1v) is 7.12. The molecule has 0 bridgehead atoms. The lowest BCUT2D eigenvalue weighted by molar-refractivity contribution is 1.32. The summed E-state index contributed by atoms with van der Waals surface area (Å²) in [6.45, 7) is 2.13. The average Bonchev–Trinajstić information content (AvgIpc) is 2.80. The SMILES string of the molecule is Cc1cc2c3c(cccc3c1)-c1nc3ccccc3nc1-2. The second-order valence-electron chi connectivity index (χ2n) is 5.63. The molecule has 5 rings (SSSR count). The molecule has 2 heteroatoms. The second kappa shape index (κ2) is 3.67. The van der Waals surface area contributed by atoms with Crippen molar-refractivity contribution in [2.75, 3.05) is 0 Å². The van der Waals surface area contributed by atoms with Crippen molar-refractivity contribution in [1.82, 2.24) is 9.97 Å². The Bertz CT molecular complexity index is 1050. The van der Waals surface area contributed by atoms with Crippen LogP contribution in [-0.4, -0.2) is 9.97 Å². The van der Waals surface area contributed by atoms with Gasteiger partial charge in [-0.05, 0) is 36.1 Å². The number of rotatable bonds is 0. The van der Waals surface area contributed by atoms with Crippen LogP contribution in [0.3, 0.4) is 0 Å². The predicted octanol–water partition coefficient (Wildman–Crippen LogP) is 4.74. The number of nitrogens with zero attached hydrogens (tertiary/aromatic N) is 2. The van der Waals surface area contributed by atoms with E-state index in [1.165, 1.54) is 27.5 Å². The fourth-order valence-electron chi connectivity index (χ4n) is 3.34. The van der Waals surface area contributed by atoms with Gasteiger partial charge in [-0.3, -0.25) is 0 Å². The zero-order valence-corrected chi connectivity index (χ0v) is 11.6. The van der Waals surface area contributed by atoms with Gasteiger partial charge in [0, 0.05) is 16.5 Å². The van der Waals surface area contributed by atoms with Crippen LogP contribution in [0.5, 0.6) is 0 Å². The maximum Gasteiger partial charge on any atom is 0.0979 e. The summed E-state index contributed by atoms with van der Waals surface area (Å²) in [6, 6.07) is 18.9. The molecule has 0 radical (unpaired) electrons. The van der Waals surface area contributed by atoms with Crippen LogP contribution in [0.4, 0.5) is 0 Å². The van der Waals surface area contributed by atoms with Gasteiger partial charge < -0.3 is 0 Å². The highest BCUT2D eigenvalue weighted by atomic mass is 14.8. The Labute approximate surface area is 122 Å². The molecule has 0 saturated heterocycles. The molecule has 0 unspecified atom stereocenters. The van der Waals surface area contributed by atoms with E-state index in [1.54, 1.807) is 0 Å². The van der Waals surface area contributed by atoms with Gasteiger partial charge in [-0.1, -0.05) is 36.4 Å². The number of hydrogen-bond donors (Lipinski definition) is 0. The molecule has 0 saturated carbocycles. The van der Waals surface area contributed by atoms with Crippen LogP contribution in [0.15, 0.2) is 54.6 Å². The maximum atomic E-state index is 4.87. The Hall–Kier alpha value is -2.74. The first-order chi connectivity index (χ1) is 10.3. The molecule has 1 aliphatic carbocycles. The lowest BCUT2D eigenvalue weighted by Gasteiger charge is -2.03. The summed E-state index contributed by atoms with van der Waals surface area (Å²) >= 11 is 0. The van der Waals surface area contributed by atoms with E-state index < -0.39 is 0 Å². The summed E-state index contributed by atoms with van der Waals surface area (Å²) in [4.78, 5) is 9.74. The zero-order valence-electron chi connectivity index (χ0n) is 11.6. The lowest BCUT2D eigenvalue weighted by atomic mass is 10.0. The Kier molecular flexibility index (Phi) is 1.92. The van der Waals surface area contributed by atoms with E-state index in [4.69, 9.17) is 9.97 Å². The summed E-state index contributed by atoms with van der Waals surface area (Å²) in [5.74, 6) is 0. The van der Waals surface area contributed by atoms with Gasteiger partial charge >= 0.3 is 0 Å². The molecule has 0 amide bonds. The van der Waals surface area contributed by atoms with Crippen LogP contribution in [-0.2, 0) is 0 Å². The Balaban J connectivity index is 2.02. The number of hydrogen-bond acceptors (Lipinski definition) is 2. The third kappa shape index (κ3) is 1.37. The van der Waals surface area contributed by atoms with Gasteiger partial charge in [0.05, 0.1) is 22.4 Å². The van der Waals surface area contributed by atoms with E-state index in [-0.39, 0.29) is 0 Å². The molecule has 1 aromatic heterocycles. The average molecular weight is 268 g/mol. The summed E-state index contributed by atoms with van der Waals surface area (Å²) in [5.41, 5.74) is 7.63. The van der Waals surface area contributed by atoms with Crippen molar-refractivity contribution >= 4 is 21.8 Å². The number of benzene rings is 3. The summed E-state index contributed by atoms with van der Waals surface area (Å²) < 4.78 is 0. The van der Waals surface area contributed by atoms with Crippen molar-refractivity contribution in [1.29, 1.82) is 0 Å². The van der Waals surface area contributed by atoms with Gasteiger partial charge in [-0.15, -0.1) is 0 Å². The molecule has 0 fully saturated rings. The summed E-state index contributed by atoms with van der Waals surface area (Å²) in [7, 11) is 0. The molecule has 3 aromatic carbocycles. The number of aryl methyl sites for hydroxylation is 1. The standard InChI is InChI=1S/C19H12N2/c1-11-9-12-5-4-6-13-17(12)14(10-11)19-18(13)20-15-7-2-3-8-16(15)21-19/h2-10H,1H3. The van der Waals surface area contributed by atoms with E-state index in [0.717, 1.165) is 22.4 Å². The molecule has 98 valence electrons. The van der Waals surface area contributed by atoms with Crippen molar-refractivity contribution in [3.63, 3.8) is 0 Å².